The van der Waals surface area contributed by atoms with Crippen molar-refractivity contribution < 1.29 is 19.8 Å². The number of anilines is 2. The summed E-state index contributed by atoms with van der Waals surface area (Å²) in [6, 6.07) is 10.4. The number of carbonyl (C=O) groups excluding carboxylic acids is 2. The Morgan fingerprint density at radius 1 is 0.633 bits per heavy atom. The van der Waals surface area contributed by atoms with E-state index in [1.54, 1.807) is 30.3 Å². The molecule has 0 amide bonds. The number of aliphatic hydroxyl groups is 2. The lowest BCUT2D eigenvalue weighted by atomic mass is 9.83. The quantitative estimate of drug-likeness (QED) is 0.237. The summed E-state index contributed by atoms with van der Waals surface area (Å²) in [5.41, 5.74) is 2.97. The van der Waals surface area contributed by atoms with Gasteiger partial charge in [0.05, 0.1) is 30.2 Å². The number of hydrogen-bond donors (Lipinski definition) is 6. The van der Waals surface area contributed by atoms with Crippen LogP contribution in [0.3, 0.4) is 0 Å². The van der Waals surface area contributed by atoms with Crippen molar-refractivity contribution in [3.8, 4) is 0 Å². The zero-order valence-corrected chi connectivity index (χ0v) is 16.8. The molecule has 0 fully saturated rings. The van der Waals surface area contributed by atoms with Crippen LogP contribution in [0.15, 0.2) is 36.4 Å². The van der Waals surface area contributed by atoms with Crippen LogP contribution in [0.2, 0.25) is 0 Å². The van der Waals surface area contributed by atoms with Crippen molar-refractivity contribution in [2.75, 3.05) is 63.1 Å². The molecular weight excluding hydrogens is 384 g/mol. The number of aliphatic hydroxyl groups excluding tert-OH is 2. The average molecular weight is 412 g/mol. The Hall–Kier alpha value is -2.78. The Bertz CT molecular complexity index is 901. The molecule has 3 rings (SSSR count). The first-order valence-corrected chi connectivity index (χ1v) is 10.2. The number of nitrogens with one attached hydrogen (secondary N) is 4. The first kappa shape index (κ1) is 21.9. The average Bonchev–Trinajstić information content (AvgIpc) is 2.77. The van der Waals surface area contributed by atoms with Gasteiger partial charge >= 0.3 is 0 Å². The highest BCUT2D eigenvalue weighted by molar-refractivity contribution is 6.30. The monoisotopic (exact) mass is 412 g/mol. The summed E-state index contributed by atoms with van der Waals surface area (Å²) >= 11 is 0. The maximum atomic E-state index is 13.3. The predicted molar refractivity (Wildman–Crippen MR) is 117 cm³/mol. The van der Waals surface area contributed by atoms with Crippen molar-refractivity contribution in [3.05, 3.63) is 58.7 Å². The van der Waals surface area contributed by atoms with Crippen molar-refractivity contribution in [1.82, 2.24) is 10.6 Å². The highest BCUT2D eigenvalue weighted by atomic mass is 16.3. The molecule has 2 aromatic carbocycles. The van der Waals surface area contributed by atoms with E-state index in [1.165, 1.54) is 0 Å². The van der Waals surface area contributed by atoms with Crippen LogP contribution in [-0.2, 0) is 0 Å². The van der Waals surface area contributed by atoms with E-state index in [-0.39, 0.29) is 24.8 Å². The molecule has 0 spiro atoms. The minimum absolute atomic E-state index is 0.0537. The Labute approximate surface area is 175 Å². The molecular formula is C22H28N4O4. The van der Waals surface area contributed by atoms with Gasteiger partial charge < -0.3 is 31.5 Å². The maximum absolute atomic E-state index is 13.3. The normalized spacial score (nSPS) is 12.5. The Morgan fingerprint density at radius 3 is 1.87 bits per heavy atom. The third kappa shape index (κ3) is 4.85. The third-order valence-electron chi connectivity index (χ3n) is 4.89. The Morgan fingerprint density at radius 2 is 1.23 bits per heavy atom. The Kier molecular flexibility index (Phi) is 7.92. The van der Waals surface area contributed by atoms with E-state index in [9.17, 15) is 9.59 Å². The molecule has 0 aliphatic heterocycles. The zero-order chi connectivity index (χ0) is 21.3. The van der Waals surface area contributed by atoms with Gasteiger partial charge in [-0.15, -0.1) is 0 Å². The standard InChI is InChI=1S/C22H28N4O4/c27-13-11-23-7-9-25-18-6-5-17-19(20(18)26-10-8-24-12-14-28)22(30)16-4-2-1-3-15(16)21(17)29/h1-6,23-28H,7-14H2. The Balaban J connectivity index is 1.88. The third-order valence-corrected chi connectivity index (χ3v) is 4.89. The lowest BCUT2D eigenvalue weighted by Gasteiger charge is -2.24. The van der Waals surface area contributed by atoms with Crippen molar-refractivity contribution in [2.45, 2.75) is 0 Å². The summed E-state index contributed by atoms with van der Waals surface area (Å²) in [7, 11) is 0. The molecule has 0 saturated carbocycles. The van der Waals surface area contributed by atoms with Gasteiger partial charge in [0.15, 0.2) is 11.6 Å². The first-order valence-electron chi connectivity index (χ1n) is 10.2. The summed E-state index contributed by atoms with van der Waals surface area (Å²) in [6.07, 6.45) is 0. The van der Waals surface area contributed by atoms with Crippen LogP contribution in [0.4, 0.5) is 11.4 Å². The van der Waals surface area contributed by atoms with Crippen LogP contribution in [0.25, 0.3) is 0 Å². The van der Waals surface area contributed by atoms with Crippen LogP contribution in [0.5, 0.6) is 0 Å². The lowest BCUT2D eigenvalue weighted by Crippen LogP contribution is -2.28. The van der Waals surface area contributed by atoms with Gasteiger partial charge in [-0.25, -0.2) is 0 Å². The summed E-state index contributed by atoms with van der Waals surface area (Å²) in [4.78, 5) is 26.3. The summed E-state index contributed by atoms with van der Waals surface area (Å²) in [6.45, 7) is 3.48. The van der Waals surface area contributed by atoms with Crippen LogP contribution in [0.1, 0.15) is 31.8 Å². The number of benzene rings is 2. The first-order chi connectivity index (χ1) is 14.7. The summed E-state index contributed by atoms with van der Waals surface area (Å²) in [5, 5.41) is 30.6. The van der Waals surface area contributed by atoms with Gasteiger partial charge in [0.2, 0.25) is 0 Å². The van der Waals surface area contributed by atoms with E-state index in [4.69, 9.17) is 10.2 Å². The zero-order valence-electron chi connectivity index (χ0n) is 16.8. The molecule has 0 atom stereocenters. The molecule has 0 heterocycles. The van der Waals surface area contributed by atoms with E-state index in [0.29, 0.717) is 67.2 Å². The smallest absolute Gasteiger partial charge is 0.196 e. The lowest BCUT2D eigenvalue weighted by molar-refractivity contribution is 0.0979. The second-order valence-electron chi connectivity index (χ2n) is 6.92. The molecule has 0 aromatic heterocycles. The number of carbonyl (C=O) groups is 2. The molecule has 0 bridgehead atoms. The van der Waals surface area contributed by atoms with Gasteiger partial charge in [-0.05, 0) is 12.1 Å². The van der Waals surface area contributed by atoms with Gasteiger partial charge in [0.25, 0.3) is 0 Å². The van der Waals surface area contributed by atoms with Gasteiger partial charge in [0, 0.05) is 56.0 Å². The second-order valence-corrected chi connectivity index (χ2v) is 6.92. The number of ketones is 2. The molecule has 30 heavy (non-hydrogen) atoms. The molecule has 1 aliphatic carbocycles. The maximum Gasteiger partial charge on any atom is 0.196 e. The SMILES string of the molecule is O=C1c2ccccc2C(=O)c2c1ccc(NCCNCCO)c2NCCNCCO. The second kappa shape index (κ2) is 10.8. The molecule has 0 radical (unpaired) electrons. The van der Waals surface area contributed by atoms with E-state index in [2.05, 4.69) is 21.3 Å². The van der Waals surface area contributed by atoms with E-state index in [0.717, 1.165) is 5.69 Å². The van der Waals surface area contributed by atoms with Crippen molar-refractivity contribution in [2.24, 2.45) is 0 Å². The van der Waals surface area contributed by atoms with Crippen molar-refractivity contribution >= 4 is 22.9 Å². The largest absolute Gasteiger partial charge is 0.395 e. The van der Waals surface area contributed by atoms with Crippen LogP contribution >= 0.6 is 0 Å². The summed E-state index contributed by atoms with van der Waals surface area (Å²) < 4.78 is 0. The van der Waals surface area contributed by atoms with Gasteiger partial charge in [-0.3, -0.25) is 9.59 Å². The predicted octanol–water partition coefficient (Wildman–Crippen LogP) is 0.450. The highest BCUT2D eigenvalue weighted by Gasteiger charge is 2.32. The fourth-order valence-electron chi connectivity index (χ4n) is 3.49. The fraction of sp³-hybridized carbons (Fsp3) is 0.364. The van der Waals surface area contributed by atoms with E-state index in [1.807, 2.05) is 6.07 Å². The molecule has 2 aromatic rings. The molecule has 0 saturated heterocycles. The molecule has 160 valence electrons. The molecule has 8 heteroatoms. The molecule has 0 unspecified atom stereocenters. The van der Waals surface area contributed by atoms with E-state index < -0.39 is 0 Å². The minimum atomic E-state index is -0.173. The fourth-order valence-corrected chi connectivity index (χ4v) is 3.49. The number of hydrogen-bond acceptors (Lipinski definition) is 8. The van der Waals surface area contributed by atoms with Gasteiger partial charge in [-0.1, -0.05) is 24.3 Å². The minimum Gasteiger partial charge on any atom is -0.395 e. The number of fused-ring (bicyclic) bond motifs is 2. The van der Waals surface area contributed by atoms with Crippen LogP contribution < -0.4 is 21.3 Å². The topological polar surface area (TPSA) is 123 Å². The van der Waals surface area contributed by atoms with Gasteiger partial charge in [0.1, 0.15) is 0 Å². The molecule has 6 N–H and O–H groups in total. The van der Waals surface area contributed by atoms with Crippen molar-refractivity contribution in [1.29, 1.82) is 0 Å². The molecule has 1 aliphatic rings. The summed E-state index contributed by atoms with van der Waals surface area (Å²) in [5.74, 6) is -0.328. The molecule has 8 nitrogen and oxygen atoms in total. The van der Waals surface area contributed by atoms with Gasteiger partial charge in [-0.2, -0.15) is 0 Å². The highest BCUT2D eigenvalue weighted by Crippen LogP contribution is 2.36. The van der Waals surface area contributed by atoms with Crippen molar-refractivity contribution in [3.63, 3.8) is 0 Å². The van der Waals surface area contributed by atoms with E-state index >= 15 is 0 Å². The van der Waals surface area contributed by atoms with Crippen LogP contribution in [0, 0.1) is 0 Å². The number of rotatable bonds is 12. The van der Waals surface area contributed by atoms with Crippen LogP contribution in [-0.4, -0.2) is 74.3 Å².